The topological polar surface area (TPSA) is 70.5 Å². The quantitative estimate of drug-likeness (QED) is 0.914. The van der Waals surface area contributed by atoms with Crippen LogP contribution in [0.5, 0.6) is 0 Å². The highest BCUT2D eigenvalue weighted by Gasteiger charge is 2.40. The lowest BCUT2D eigenvalue weighted by atomic mass is 9.86. The van der Waals surface area contributed by atoms with E-state index in [0.29, 0.717) is 25.1 Å². The van der Waals surface area contributed by atoms with Gasteiger partial charge < -0.3 is 10.0 Å². The van der Waals surface area contributed by atoms with Crippen molar-refractivity contribution in [2.45, 2.75) is 32.2 Å². The van der Waals surface area contributed by atoms with Crippen molar-refractivity contribution >= 4 is 27.8 Å². The minimum Gasteiger partial charge on any atom is -0.481 e. The third-order valence-corrected chi connectivity index (χ3v) is 4.01. The molecule has 108 valence electrons. The summed E-state index contributed by atoms with van der Waals surface area (Å²) in [5.41, 5.74) is 0.641. The van der Waals surface area contributed by atoms with E-state index in [0.717, 1.165) is 10.9 Å². The van der Waals surface area contributed by atoms with Crippen molar-refractivity contribution in [3.63, 3.8) is 0 Å². The van der Waals surface area contributed by atoms with E-state index in [1.807, 2.05) is 13.0 Å². The first-order valence-electron chi connectivity index (χ1n) is 6.68. The summed E-state index contributed by atoms with van der Waals surface area (Å²) in [6.07, 6.45) is 3.10. The summed E-state index contributed by atoms with van der Waals surface area (Å²) in [4.78, 5) is 29.5. The lowest BCUT2D eigenvalue weighted by Crippen LogP contribution is -2.45. The Labute approximate surface area is 126 Å². The summed E-state index contributed by atoms with van der Waals surface area (Å²) in [5, 5.41) is 9.42. The standard InChI is InChI=1S/C14H17BrN2O3/c1-2-7-17-12(18)6-4-10(14(19)20)13(17)11-5-3-9(15)8-16-11/h3,5,8,10,13H,2,4,6-7H2,1H3,(H,19,20). The second-order valence-electron chi connectivity index (χ2n) is 4.92. The van der Waals surface area contributed by atoms with Crippen LogP contribution in [0.15, 0.2) is 22.8 Å². The number of carboxylic acid groups (broad SMARTS) is 1. The molecule has 0 aliphatic carbocycles. The van der Waals surface area contributed by atoms with Gasteiger partial charge in [0, 0.05) is 23.6 Å². The second-order valence-corrected chi connectivity index (χ2v) is 5.83. The number of piperidine rings is 1. The number of carbonyl (C=O) groups excluding carboxylic acids is 1. The van der Waals surface area contributed by atoms with Gasteiger partial charge >= 0.3 is 5.97 Å². The Hall–Kier alpha value is -1.43. The van der Waals surface area contributed by atoms with Crippen molar-refractivity contribution in [1.29, 1.82) is 0 Å². The summed E-state index contributed by atoms with van der Waals surface area (Å²) in [5.74, 6) is -1.44. The Kier molecular flexibility index (Phi) is 4.75. The van der Waals surface area contributed by atoms with E-state index < -0.39 is 17.9 Å². The highest BCUT2D eigenvalue weighted by atomic mass is 79.9. The van der Waals surface area contributed by atoms with Gasteiger partial charge in [-0.25, -0.2) is 0 Å². The first kappa shape index (κ1) is 15.0. The number of carbonyl (C=O) groups is 2. The molecule has 2 unspecified atom stereocenters. The van der Waals surface area contributed by atoms with E-state index in [-0.39, 0.29) is 5.91 Å². The summed E-state index contributed by atoms with van der Waals surface area (Å²) in [7, 11) is 0. The molecular weight excluding hydrogens is 324 g/mol. The summed E-state index contributed by atoms with van der Waals surface area (Å²) < 4.78 is 0.831. The first-order valence-corrected chi connectivity index (χ1v) is 7.47. The highest BCUT2D eigenvalue weighted by molar-refractivity contribution is 9.10. The Morgan fingerprint density at radius 2 is 2.30 bits per heavy atom. The molecule has 0 saturated carbocycles. The third kappa shape index (κ3) is 3.00. The van der Waals surface area contributed by atoms with Crippen LogP contribution in [-0.2, 0) is 9.59 Å². The van der Waals surface area contributed by atoms with Crippen molar-refractivity contribution < 1.29 is 14.7 Å². The molecular formula is C14H17BrN2O3. The lowest BCUT2D eigenvalue weighted by Gasteiger charge is -2.39. The zero-order chi connectivity index (χ0) is 14.7. The van der Waals surface area contributed by atoms with Crippen LogP contribution in [0.1, 0.15) is 37.9 Å². The fourth-order valence-corrected chi connectivity index (χ4v) is 2.88. The first-order chi connectivity index (χ1) is 9.54. The molecule has 1 aromatic heterocycles. The molecule has 1 aliphatic rings. The van der Waals surface area contributed by atoms with Crippen LogP contribution in [0.4, 0.5) is 0 Å². The Bertz CT molecular complexity index is 504. The van der Waals surface area contributed by atoms with E-state index in [1.165, 1.54) is 0 Å². The van der Waals surface area contributed by atoms with Crippen molar-refractivity contribution in [3.8, 4) is 0 Å². The number of halogens is 1. The van der Waals surface area contributed by atoms with Gasteiger partial charge in [0.05, 0.1) is 17.7 Å². The van der Waals surface area contributed by atoms with Gasteiger partial charge in [0.2, 0.25) is 5.91 Å². The van der Waals surface area contributed by atoms with Crippen LogP contribution in [0, 0.1) is 5.92 Å². The lowest BCUT2D eigenvalue weighted by molar-refractivity contribution is -0.152. The molecule has 0 radical (unpaired) electrons. The molecule has 6 heteroatoms. The van der Waals surface area contributed by atoms with Crippen LogP contribution >= 0.6 is 15.9 Å². The maximum atomic E-state index is 12.1. The monoisotopic (exact) mass is 340 g/mol. The van der Waals surface area contributed by atoms with Crippen molar-refractivity contribution in [2.75, 3.05) is 6.54 Å². The maximum absolute atomic E-state index is 12.1. The molecule has 2 rings (SSSR count). The van der Waals surface area contributed by atoms with E-state index in [1.54, 1.807) is 17.2 Å². The summed E-state index contributed by atoms with van der Waals surface area (Å²) >= 11 is 3.31. The number of nitrogens with zero attached hydrogens (tertiary/aromatic N) is 2. The van der Waals surface area contributed by atoms with Gasteiger partial charge in [0.1, 0.15) is 0 Å². The summed E-state index contributed by atoms with van der Waals surface area (Å²) in [6, 6.07) is 3.14. The second kappa shape index (κ2) is 6.35. The number of hydrogen-bond acceptors (Lipinski definition) is 3. The molecule has 0 bridgehead atoms. The molecule has 20 heavy (non-hydrogen) atoms. The maximum Gasteiger partial charge on any atom is 0.309 e. The Balaban J connectivity index is 2.39. The molecule has 1 saturated heterocycles. The van der Waals surface area contributed by atoms with Crippen molar-refractivity contribution in [1.82, 2.24) is 9.88 Å². The van der Waals surface area contributed by atoms with Gasteiger partial charge in [-0.1, -0.05) is 6.92 Å². The molecule has 0 spiro atoms. The van der Waals surface area contributed by atoms with Crippen LogP contribution in [0.2, 0.25) is 0 Å². The largest absolute Gasteiger partial charge is 0.481 e. The highest BCUT2D eigenvalue weighted by Crippen LogP contribution is 2.36. The minimum atomic E-state index is -0.867. The molecule has 1 aliphatic heterocycles. The Morgan fingerprint density at radius 3 is 2.85 bits per heavy atom. The minimum absolute atomic E-state index is 0.0130. The predicted molar refractivity (Wildman–Crippen MR) is 77.0 cm³/mol. The van der Waals surface area contributed by atoms with Gasteiger partial charge in [-0.15, -0.1) is 0 Å². The van der Waals surface area contributed by atoms with Crippen LogP contribution in [0.3, 0.4) is 0 Å². The predicted octanol–water partition coefficient (Wildman–Crippen LogP) is 2.62. The average Bonchev–Trinajstić information content (AvgIpc) is 2.42. The molecule has 5 nitrogen and oxygen atoms in total. The molecule has 2 atom stereocenters. The number of rotatable bonds is 4. The van der Waals surface area contributed by atoms with Crippen molar-refractivity contribution in [3.05, 3.63) is 28.5 Å². The fourth-order valence-electron chi connectivity index (χ4n) is 2.64. The number of hydrogen-bond donors (Lipinski definition) is 1. The smallest absolute Gasteiger partial charge is 0.309 e. The average molecular weight is 341 g/mol. The molecule has 1 N–H and O–H groups in total. The number of aliphatic carboxylic acids is 1. The molecule has 2 heterocycles. The van der Waals surface area contributed by atoms with Crippen molar-refractivity contribution in [2.24, 2.45) is 5.92 Å². The van der Waals surface area contributed by atoms with Gasteiger partial charge in [-0.05, 0) is 40.9 Å². The van der Waals surface area contributed by atoms with Gasteiger partial charge in [0.25, 0.3) is 0 Å². The van der Waals surface area contributed by atoms with Gasteiger partial charge in [-0.3, -0.25) is 14.6 Å². The SMILES string of the molecule is CCCN1C(=O)CCC(C(=O)O)C1c1ccc(Br)cn1. The molecule has 1 aromatic rings. The number of amides is 1. The number of aromatic nitrogens is 1. The van der Waals surface area contributed by atoms with Gasteiger partial charge in [-0.2, -0.15) is 0 Å². The van der Waals surface area contributed by atoms with Crippen LogP contribution in [0.25, 0.3) is 0 Å². The van der Waals surface area contributed by atoms with Crippen LogP contribution < -0.4 is 0 Å². The Morgan fingerprint density at radius 1 is 1.55 bits per heavy atom. The summed E-state index contributed by atoms with van der Waals surface area (Å²) in [6.45, 7) is 2.54. The van der Waals surface area contributed by atoms with E-state index >= 15 is 0 Å². The number of likely N-dealkylation sites (tertiary alicyclic amines) is 1. The van der Waals surface area contributed by atoms with Gasteiger partial charge in [0.15, 0.2) is 0 Å². The fraction of sp³-hybridized carbons (Fsp3) is 0.500. The molecule has 0 aromatic carbocycles. The number of carboxylic acids is 1. The number of pyridine rings is 1. The zero-order valence-electron chi connectivity index (χ0n) is 11.3. The molecule has 1 fully saturated rings. The van der Waals surface area contributed by atoms with E-state index in [9.17, 15) is 14.7 Å². The van der Waals surface area contributed by atoms with E-state index in [2.05, 4.69) is 20.9 Å². The normalized spacial score (nSPS) is 22.9. The van der Waals surface area contributed by atoms with E-state index in [4.69, 9.17) is 0 Å². The molecule has 1 amide bonds. The zero-order valence-corrected chi connectivity index (χ0v) is 12.8. The van der Waals surface area contributed by atoms with Crippen LogP contribution in [-0.4, -0.2) is 33.4 Å². The third-order valence-electron chi connectivity index (χ3n) is 3.54.